The molecule has 1 atom stereocenters. The van der Waals surface area contributed by atoms with Gasteiger partial charge < -0.3 is 5.73 Å². The number of rotatable bonds is 5. The summed E-state index contributed by atoms with van der Waals surface area (Å²) < 4.78 is 25.6. The van der Waals surface area contributed by atoms with E-state index in [4.69, 9.17) is 11.0 Å². The predicted octanol–water partition coefficient (Wildman–Crippen LogP) is 1.10. The number of nitrogen functional groups attached to an aromatic ring is 1. The van der Waals surface area contributed by atoms with E-state index in [1.807, 2.05) is 6.07 Å². The van der Waals surface area contributed by atoms with Crippen molar-refractivity contribution in [2.24, 2.45) is 0 Å². The maximum Gasteiger partial charge on any atom is 0.292 e. The van der Waals surface area contributed by atoms with Crippen LogP contribution in [0.1, 0.15) is 13.3 Å². The summed E-state index contributed by atoms with van der Waals surface area (Å²) in [5.41, 5.74) is 4.90. The normalized spacial score (nSPS) is 12.9. The Hall–Kier alpha value is -2.18. The van der Waals surface area contributed by atoms with Gasteiger partial charge in [-0.05, 0) is 19.1 Å². The molecule has 2 N–H and O–H groups in total. The van der Waals surface area contributed by atoms with Gasteiger partial charge in [-0.3, -0.25) is 10.1 Å². The maximum atomic E-state index is 12.3. The van der Waals surface area contributed by atoms with E-state index >= 15 is 0 Å². The zero-order valence-electron chi connectivity index (χ0n) is 11.0. The van der Waals surface area contributed by atoms with Crippen LogP contribution in [0.15, 0.2) is 23.1 Å². The van der Waals surface area contributed by atoms with Crippen molar-refractivity contribution in [2.45, 2.75) is 24.3 Å². The van der Waals surface area contributed by atoms with Gasteiger partial charge in [0.25, 0.3) is 5.69 Å². The van der Waals surface area contributed by atoms with E-state index < -0.39 is 21.0 Å². The molecule has 8 nitrogen and oxygen atoms in total. The van der Waals surface area contributed by atoms with Gasteiger partial charge in [-0.25, -0.2) is 8.42 Å². The van der Waals surface area contributed by atoms with Crippen LogP contribution in [-0.2, 0) is 10.0 Å². The third-order valence-corrected chi connectivity index (χ3v) is 4.85. The maximum absolute atomic E-state index is 12.3. The molecular formula is C11H14N4O4S. The molecule has 0 aliphatic heterocycles. The predicted molar refractivity (Wildman–Crippen MR) is 72.1 cm³/mol. The summed E-state index contributed by atoms with van der Waals surface area (Å²) in [5, 5.41) is 19.2. The van der Waals surface area contributed by atoms with Crippen molar-refractivity contribution in [3.05, 3.63) is 28.3 Å². The molecule has 0 fully saturated rings. The van der Waals surface area contributed by atoms with Gasteiger partial charge >= 0.3 is 0 Å². The Kier molecular flexibility index (Phi) is 4.65. The molecule has 0 aromatic heterocycles. The first-order valence-corrected chi connectivity index (χ1v) is 7.04. The Morgan fingerprint density at radius 3 is 2.60 bits per heavy atom. The molecule has 1 unspecified atom stereocenters. The average molecular weight is 298 g/mol. The van der Waals surface area contributed by atoms with E-state index in [0.717, 1.165) is 22.5 Å². The number of nitrogens with zero attached hydrogens (tertiary/aromatic N) is 3. The number of nitro benzene ring substituents is 1. The van der Waals surface area contributed by atoms with Crippen molar-refractivity contribution in [2.75, 3.05) is 12.8 Å². The summed E-state index contributed by atoms with van der Waals surface area (Å²) in [7, 11) is -2.50. The Balaban J connectivity index is 3.20. The highest BCUT2D eigenvalue weighted by Crippen LogP contribution is 2.26. The van der Waals surface area contributed by atoms with Crippen LogP contribution in [0.3, 0.4) is 0 Å². The number of hydrogen-bond donors (Lipinski definition) is 1. The molecule has 0 spiro atoms. The molecule has 0 heterocycles. The van der Waals surface area contributed by atoms with Crippen molar-refractivity contribution in [1.82, 2.24) is 4.31 Å². The number of nitro groups is 1. The van der Waals surface area contributed by atoms with Gasteiger partial charge in [-0.1, -0.05) is 0 Å². The Morgan fingerprint density at radius 2 is 2.15 bits per heavy atom. The number of nitriles is 1. The first-order valence-electron chi connectivity index (χ1n) is 5.60. The van der Waals surface area contributed by atoms with Crippen LogP contribution < -0.4 is 5.73 Å². The van der Waals surface area contributed by atoms with Crippen LogP contribution >= 0.6 is 0 Å². The summed E-state index contributed by atoms with van der Waals surface area (Å²) in [4.78, 5) is 9.81. The van der Waals surface area contributed by atoms with Gasteiger partial charge in [0.1, 0.15) is 5.69 Å². The highest BCUT2D eigenvalue weighted by atomic mass is 32.2. The monoisotopic (exact) mass is 298 g/mol. The van der Waals surface area contributed by atoms with E-state index in [1.54, 1.807) is 6.92 Å². The van der Waals surface area contributed by atoms with Crippen LogP contribution in [-0.4, -0.2) is 30.7 Å². The molecule has 1 aromatic carbocycles. The van der Waals surface area contributed by atoms with Crippen LogP contribution in [0.5, 0.6) is 0 Å². The van der Waals surface area contributed by atoms with Gasteiger partial charge in [0.05, 0.1) is 22.3 Å². The van der Waals surface area contributed by atoms with Crippen molar-refractivity contribution in [3.63, 3.8) is 0 Å². The second kappa shape index (κ2) is 5.85. The Morgan fingerprint density at radius 1 is 1.55 bits per heavy atom. The molecule has 0 saturated carbocycles. The second-order valence-electron chi connectivity index (χ2n) is 4.21. The first kappa shape index (κ1) is 15.9. The molecule has 0 amide bonds. The largest absolute Gasteiger partial charge is 0.393 e. The van der Waals surface area contributed by atoms with Crippen molar-refractivity contribution in [1.29, 1.82) is 5.26 Å². The molecular weight excluding hydrogens is 284 g/mol. The van der Waals surface area contributed by atoms with E-state index in [0.29, 0.717) is 0 Å². The van der Waals surface area contributed by atoms with E-state index in [-0.39, 0.29) is 22.7 Å². The summed E-state index contributed by atoms with van der Waals surface area (Å²) in [6.45, 7) is 1.59. The quantitative estimate of drug-likeness (QED) is 0.492. The van der Waals surface area contributed by atoms with Crippen molar-refractivity contribution < 1.29 is 13.3 Å². The summed E-state index contributed by atoms with van der Waals surface area (Å²) in [6.07, 6.45) is 0.0399. The number of hydrogen-bond acceptors (Lipinski definition) is 6. The van der Waals surface area contributed by atoms with Crippen molar-refractivity contribution >= 4 is 21.4 Å². The third kappa shape index (κ3) is 3.04. The number of anilines is 1. The van der Waals surface area contributed by atoms with Crippen LogP contribution in [0.4, 0.5) is 11.4 Å². The molecule has 1 rings (SSSR count). The lowest BCUT2D eigenvalue weighted by atomic mass is 10.3. The lowest BCUT2D eigenvalue weighted by Gasteiger charge is -2.22. The molecule has 20 heavy (non-hydrogen) atoms. The summed E-state index contributed by atoms with van der Waals surface area (Å²) >= 11 is 0. The van der Waals surface area contributed by atoms with E-state index in [9.17, 15) is 18.5 Å². The minimum Gasteiger partial charge on any atom is -0.393 e. The number of benzene rings is 1. The molecule has 9 heteroatoms. The van der Waals surface area contributed by atoms with Gasteiger partial charge in [-0.2, -0.15) is 9.57 Å². The van der Waals surface area contributed by atoms with Crippen LogP contribution in [0.2, 0.25) is 0 Å². The number of nitrogens with two attached hydrogens (primary N) is 1. The SMILES string of the molecule is CC(CC#N)N(C)S(=O)(=O)c1ccc([N+](=O)[O-])c(N)c1. The molecule has 1 aromatic rings. The molecule has 0 aliphatic rings. The minimum absolute atomic E-state index is 0.0399. The Labute approximate surface area is 116 Å². The summed E-state index contributed by atoms with van der Waals surface area (Å²) in [5.74, 6) is 0. The fraction of sp³-hybridized carbons (Fsp3) is 0.364. The minimum atomic E-state index is -3.85. The third-order valence-electron chi connectivity index (χ3n) is 2.88. The zero-order chi connectivity index (χ0) is 15.5. The van der Waals surface area contributed by atoms with E-state index in [2.05, 4.69) is 0 Å². The van der Waals surface area contributed by atoms with Gasteiger partial charge in [0, 0.05) is 19.2 Å². The van der Waals surface area contributed by atoms with Gasteiger partial charge in [-0.15, -0.1) is 0 Å². The standard InChI is InChI=1S/C11H14N4O4S/c1-8(5-6-12)14(2)20(18,19)9-3-4-11(15(16)17)10(13)7-9/h3-4,7-8H,5,13H2,1-2H3. The van der Waals surface area contributed by atoms with Crippen LogP contribution in [0.25, 0.3) is 0 Å². The van der Waals surface area contributed by atoms with Crippen molar-refractivity contribution in [3.8, 4) is 6.07 Å². The van der Waals surface area contributed by atoms with Gasteiger partial charge in [0.2, 0.25) is 10.0 Å². The topological polar surface area (TPSA) is 130 Å². The summed E-state index contributed by atoms with van der Waals surface area (Å²) in [6, 6.07) is 4.59. The smallest absolute Gasteiger partial charge is 0.292 e. The molecule has 108 valence electrons. The Bertz CT molecular complexity index is 665. The molecule has 0 bridgehead atoms. The van der Waals surface area contributed by atoms with Gasteiger partial charge in [0.15, 0.2) is 0 Å². The zero-order valence-corrected chi connectivity index (χ0v) is 11.8. The fourth-order valence-corrected chi connectivity index (χ4v) is 2.92. The number of sulfonamides is 1. The second-order valence-corrected chi connectivity index (χ2v) is 6.21. The van der Waals surface area contributed by atoms with Crippen LogP contribution in [0, 0.1) is 21.4 Å². The first-order chi connectivity index (χ1) is 9.21. The highest BCUT2D eigenvalue weighted by Gasteiger charge is 2.26. The molecule has 0 aliphatic carbocycles. The lowest BCUT2D eigenvalue weighted by Crippen LogP contribution is -2.34. The molecule has 0 radical (unpaired) electrons. The average Bonchev–Trinajstić information content (AvgIpc) is 2.37. The molecule has 0 saturated heterocycles. The highest BCUT2D eigenvalue weighted by molar-refractivity contribution is 7.89. The lowest BCUT2D eigenvalue weighted by molar-refractivity contribution is -0.383. The fourth-order valence-electron chi connectivity index (χ4n) is 1.52. The van der Waals surface area contributed by atoms with E-state index in [1.165, 1.54) is 7.05 Å².